The first kappa shape index (κ1) is 18.1. The van der Waals surface area contributed by atoms with Crippen LogP contribution in [0.25, 0.3) is 0 Å². The summed E-state index contributed by atoms with van der Waals surface area (Å²) >= 11 is 11.9. The third-order valence-corrected chi connectivity index (χ3v) is 4.33. The number of hydrogen-bond acceptors (Lipinski definition) is 3. The number of halogens is 2. The standard InChI is InChI=1S/C17H21Cl2NO3/c1-2-9-22-11-13-5-7-20(8-6-13)17(21)12-23-16-4-3-14(18)10-15(16)19/h2-4,10,13H,1,5-9,11-12H2. The van der Waals surface area contributed by atoms with E-state index in [1.54, 1.807) is 24.3 Å². The number of ether oxygens (including phenoxy) is 2. The quantitative estimate of drug-likeness (QED) is 0.550. The lowest BCUT2D eigenvalue weighted by atomic mass is 9.98. The molecule has 0 saturated carbocycles. The summed E-state index contributed by atoms with van der Waals surface area (Å²) in [6, 6.07) is 4.95. The van der Waals surface area contributed by atoms with Crippen LogP contribution in [0.2, 0.25) is 10.0 Å². The van der Waals surface area contributed by atoms with Crippen LogP contribution in [0.3, 0.4) is 0 Å². The summed E-state index contributed by atoms with van der Waals surface area (Å²) in [7, 11) is 0. The molecule has 0 aliphatic carbocycles. The molecule has 1 aromatic carbocycles. The van der Waals surface area contributed by atoms with Gasteiger partial charge >= 0.3 is 0 Å². The Morgan fingerprint density at radius 1 is 1.35 bits per heavy atom. The number of carbonyl (C=O) groups excluding carboxylic acids is 1. The van der Waals surface area contributed by atoms with Gasteiger partial charge in [-0.2, -0.15) is 0 Å². The molecule has 0 spiro atoms. The van der Waals surface area contributed by atoms with Gasteiger partial charge < -0.3 is 14.4 Å². The Morgan fingerprint density at radius 2 is 2.09 bits per heavy atom. The van der Waals surface area contributed by atoms with Gasteiger partial charge in [-0.15, -0.1) is 6.58 Å². The van der Waals surface area contributed by atoms with Gasteiger partial charge in [0.25, 0.3) is 5.91 Å². The van der Waals surface area contributed by atoms with Crippen molar-refractivity contribution < 1.29 is 14.3 Å². The van der Waals surface area contributed by atoms with Crippen molar-refractivity contribution >= 4 is 29.1 Å². The highest BCUT2D eigenvalue weighted by molar-refractivity contribution is 6.35. The van der Waals surface area contributed by atoms with E-state index < -0.39 is 0 Å². The lowest BCUT2D eigenvalue weighted by molar-refractivity contribution is -0.135. The number of benzene rings is 1. The predicted molar refractivity (Wildman–Crippen MR) is 92.3 cm³/mol. The molecule has 1 aliphatic heterocycles. The smallest absolute Gasteiger partial charge is 0.260 e. The van der Waals surface area contributed by atoms with Gasteiger partial charge in [-0.25, -0.2) is 0 Å². The Bertz CT molecular complexity index is 543. The zero-order valence-electron chi connectivity index (χ0n) is 13.0. The molecule has 4 nitrogen and oxygen atoms in total. The summed E-state index contributed by atoms with van der Waals surface area (Å²) in [4.78, 5) is 14.0. The van der Waals surface area contributed by atoms with Crippen LogP contribution >= 0.6 is 23.2 Å². The summed E-state index contributed by atoms with van der Waals surface area (Å²) in [6.45, 7) is 6.39. The van der Waals surface area contributed by atoms with Crippen LogP contribution in [0.5, 0.6) is 5.75 Å². The van der Waals surface area contributed by atoms with Crippen LogP contribution in [0.15, 0.2) is 30.9 Å². The summed E-state index contributed by atoms with van der Waals surface area (Å²) in [6.07, 6.45) is 3.65. The molecule has 1 heterocycles. The van der Waals surface area contributed by atoms with Crippen molar-refractivity contribution in [1.82, 2.24) is 4.90 Å². The molecule has 126 valence electrons. The van der Waals surface area contributed by atoms with Gasteiger partial charge in [0.1, 0.15) is 5.75 Å². The van der Waals surface area contributed by atoms with Crippen LogP contribution in [-0.2, 0) is 9.53 Å². The first-order valence-electron chi connectivity index (χ1n) is 7.64. The Labute approximate surface area is 147 Å². The van der Waals surface area contributed by atoms with E-state index >= 15 is 0 Å². The fourth-order valence-electron chi connectivity index (χ4n) is 2.49. The zero-order valence-corrected chi connectivity index (χ0v) is 14.5. The van der Waals surface area contributed by atoms with Crippen LogP contribution in [-0.4, -0.2) is 43.7 Å². The average molecular weight is 358 g/mol. The van der Waals surface area contributed by atoms with Gasteiger partial charge in [-0.05, 0) is 37.0 Å². The molecule has 1 amide bonds. The summed E-state index contributed by atoms with van der Waals surface area (Å²) in [5.41, 5.74) is 0. The lowest BCUT2D eigenvalue weighted by Crippen LogP contribution is -2.41. The van der Waals surface area contributed by atoms with Crippen LogP contribution < -0.4 is 4.74 Å². The fraction of sp³-hybridized carbons (Fsp3) is 0.471. The number of amides is 1. The molecule has 0 atom stereocenters. The van der Waals surface area contributed by atoms with Crippen LogP contribution in [0.4, 0.5) is 0 Å². The number of nitrogens with zero attached hydrogens (tertiary/aromatic N) is 1. The second-order valence-electron chi connectivity index (χ2n) is 5.51. The number of likely N-dealkylation sites (tertiary alicyclic amines) is 1. The van der Waals surface area contributed by atoms with Crippen molar-refractivity contribution in [1.29, 1.82) is 0 Å². The maximum Gasteiger partial charge on any atom is 0.260 e. The minimum absolute atomic E-state index is 0.0149. The van der Waals surface area contributed by atoms with E-state index in [9.17, 15) is 4.79 Å². The van der Waals surface area contributed by atoms with Gasteiger partial charge in [0.15, 0.2) is 6.61 Å². The zero-order chi connectivity index (χ0) is 16.7. The van der Waals surface area contributed by atoms with E-state index in [1.807, 2.05) is 4.90 Å². The van der Waals surface area contributed by atoms with Crippen LogP contribution in [0.1, 0.15) is 12.8 Å². The number of rotatable bonds is 7. The first-order chi connectivity index (χ1) is 11.1. The third-order valence-electron chi connectivity index (χ3n) is 3.80. The van der Waals surface area contributed by atoms with Crippen molar-refractivity contribution in [2.45, 2.75) is 12.8 Å². The normalized spacial score (nSPS) is 15.5. The topological polar surface area (TPSA) is 38.8 Å². The lowest BCUT2D eigenvalue weighted by Gasteiger charge is -2.31. The predicted octanol–water partition coefficient (Wildman–Crippen LogP) is 3.81. The number of hydrogen-bond donors (Lipinski definition) is 0. The van der Waals surface area contributed by atoms with Gasteiger partial charge in [0.2, 0.25) is 0 Å². The van der Waals surface area contributed by atoms with Gasteiger partial charge in [-0.1, -0.05) is 29.3 Å². The molecule has 0 unspecified atom stereocenters. The average Bonchev–Trinajstić information content (AvgIpc) is 2.55. The Balaban J connectivity index is 1.73. The van der Waals surface area contributed by atoms with E-state index in [1.165, 1.54) is 0 Å². The summed E-state index contributed by atoms with van der Waals surface area (Å²) in [5, 5.41) is 0.942. The Morgan fingerprint density at radius 3 is 2.74 bits per heavy atom. The molecule has 0 N–H and O–H groups in total. The largest absolute Gasteiger partial charge is 0.482 e. The van der Waals surface area contributed by atoms with Gasteiger partial charge in [0.05, 0.1) is 11.6 Å². The molecule has 6 heteroatoms. The fourth-order valence-corrected chi connectivity index (χ4v) is 2.95. The molecule has 0 bridgehead atoms. The maximum atomic E-state index is 12.2. The van der Waals surface area contributed by atoms with Crippen molar-refractivity contribution in [3.05, 3.63) is 40.9 Å². The number of piperidine rings is 1. The molecule has 1 aromatic rings. The van der Waals surface area contributed by atoms with Crippen molar-refractivity contribution in [2.24, 2.45) is 5.92 Å². The second-order valence-corrected chi connectivity index (χ2v) is 6.36. The molecular formula is C17H21Cl2NO3. The molecule has 1 fully saturated rings. The summed E-state index contributed by atoms with van der Waals surface area (Å²) < 4.78 is 11.0. The summed E-state index contributed by atoms with van der Waals surface area (Å²) in [5.74, 6) is 0.948. The Hall–Kier alpha value is -1.23. The molecule has 1 saturated heterocycles. The van der Waals surface area contributed by atoms with Gasteiger partial charge in [-0.3, -0.25) is 4.79 Å². The van der Waals surface area contributed by atoms with Crippen molar-refractivity contribution in [3.8, 4) is 5.75 Å². The van der Waals surface area contributed by atoms with Crippen LogP contribution in [0, 0.1) is 5.92 Å². The van der Waals surface area contributed by atoms with E-state index in [0.717, 1.165) is 32.5 Å². The second kappa shape index (κ2) is 9.16. The highest BCUT2D eigenvalue weighted by Crippen LogP contribution is 2.27. The SMILES string of the molecule is C=CCOCC1CCN(C(=O)COc2ccc(Cl)cc2Cl)CC1. The molecule has 2 rings (SSSR count). The third kappa shape index (κ3) is 5.72. The van der Waals surface area contributed by atoms with Crippen molar-refractivity contribution in [2.75, 3.05) is 32.9 Å². The van der Waals surface area contributed by atoms with E-state index in [4.69, 9.17) is 32.7 Å². The monoisotopic (exact) mass is 357 g/mol. The highest BCUT2D eigenvalue weighted by atomic mass is 35.5. The minimum atomic E-state index is -0.0264. The van der Waals surface area contributed by atoms with E-state index in [-0.39, 0.29) is 12.5 Å². The molecule has 23 heavy (non-hydrogen) atoms. The van der Waals surface area contributed by atoms with Crippen molar-refractivity contribution in [3.63, 3.8) is 0 Å². The molecule has 0 aromatic heterocycles. The first-order valence-corrected chi connectivity index (χ1v) is 8.40. The number of carbonyl (C=O) groups is 1. The highest BCUT2D eigenvalue weighted by Gasteiger charge is 2.23. The molecule has 1 aliphatic rings. The molecule has 0 radical (unpaired) electrons. The van der Waals surface area contributed by atoms with Gasteiger partial charge in [0, 0.05) is 24.7 Å². The molecular weight excluding hydrogens is 337 g/mol. The minimum Gasteiger partial charge on any atom is -0.482 e. The maximum absolute atomic E-state index is 12.2. The Kier molecular flexibility index (Phi) is 7.21. The van der Waals surface area contributed by atoms with E-state index in [2.05, 4.69) is 6.58 Å². The van der Waals surface area contributed by atoms with E-state index in [0.29, 0.717) is 28.3 Å².